The van der Waals surface area contributed by atoms with Crippen LogP contribution >= 0.6 is 15.9 Å². The Kier molecular flexibility index (Phi) is 5.16. The van der Waals surface area contributed by atoms with Crippen molar-refractivity contribution in [3.8, 4) is 0 Å². The van der Waals surface area contributed by atoms with Crippen LogP contribution in [0.25, 0.3) is 0 Å². The number of fused-ring (bicyclic) bond motifs is 1. The second-order valence-electron chi connectivity index (χ2n) is 8.33. The van der Waals surface area contributed by atoms with Crippen LogP contribution in [0.4, 0.5) is 0 Å². The van der Waals surface area contributed by atoms with Crippen LogP contribution in [0.3, 0.4) is 0 Å². The van der Waals surface area contributed by atoms with Gasteiger partial charge in [-0.2, -0.15) is 0 Å². The lowest BCUT2D eigenvalue weighted by Gasteiger charge is -2.55. The van der Waals surface area contributed by atoms with E-state index in [4.69, 9.17) is 13.6 Å². The number of ether oxygens (including phenoxy) is 1. The Balaban J connectivity index is 2.22. The van der Waals surface area contributed by atoms with Gasteiger partial charge in [-0.15, -0.1) is 0 Å². The van der Waals surface area contributed by atoms with Crippen molar-refractivity contribution in [3.05, 3.63) is 23.2 Å². The molecule has 0 unspecified atom stereocenters. The van der Waals surface area contributed by atoms with Crippen molar-refractivity contribution in [2.45, 2.75) is 76.4 Å². The van der Waals surface area contributed by atoms with Crippen LogP contribution in [0.1, 0.15) is 48.0 Å². The predicted molar refractivity (Wildman–Crippen MR) is 96.5 cm³/mol. The smallest absolute Gasteiger partial charge is 0.349 e. The average Bonchev–Trinajstić information content (AvgIpc) is 2.34. The fourth-order valence-corrected chi connectivity index (χ4v) is 8.85. The van der Waals surface area contributed by atoms with Gasteiger partial charge in [0.05, 0.1) is 18.8 Å². The van der Waals surface area contributed by atoms with Crippen molar-refractivity contribution in [1.82, 2.24) is 0 Å². The summed E-state index contributed by atoms with van der Waals surface area (Å²) >= 11 is 3.40. The van der Waals surface area contributed by atoms with Crippen LogP contribution in [0.2, 0.25) is 10.1 Å². The van der Waals surface area contributed by atoms with Crippen LogP contribution in [-0.2, 0) is 13.6 Å². The minimum atomic E-state index is -2.41. The number of hydrogen-bond acceptors (Lipinski definition) is 3. The van der Waals surface area contributed by atoms with Gasteiger partial charge >= 0.3 is 8.56 Å². The maximum absolute atomic E-state index is 6.63. The molecule has 0 aliphatic carbocycles. The maximum Gasteiger partial charge on any atom is 0.349 e. The molecule has 0 amide bonds. The standard InChI is InChI=1S/C17H29BrO3Si/c1-12(18)10-13-8-9-14-15(20-13)11-19-22(21-14,16(2,3)4)17(5,6)7/h8-9,13-15H,1,10-11H2,2-7H3/t13-,14+,15+/m0/s1. The maximum atomic E-state index is 6.63. The van der Waals surface area contributed by atoms with Crippen molar-refractivity contribution in [2.75, 3.05) is 6.61 Å². The topological polar surface area (TPSA) is 27.7 Å². The summed E-state index contributed by atoms with van der Waals surface area (Å²) in [5.74, 6) is 0. The predicted octanol–water partition coefficient (Wildman–Crippen LogP) is 5.07. The van der Waals surface area contributed by atoms with E-state index in [9.17, 15) is 0 Å². The van der Waals surface area contributed by atoms with Crippen molar-refractivity contribution < 1.29 is 13.6 Å². The third-order valence-corrected chi connectivity index (χ3v) is 9.83. The summed E-state index contributed by atoms with van der Waals surface area (Å²) in [5.41, 5.74) is 0. The van der Waals surface area contributed by atoms with Crippen molar-refractivity contribution in [2.24, 2.45) is 0 Å². The number of hydrogen-bond donors (Lipinski definition) is 0. The molecule has 0 saturated carbocycles. The molecule has 0 N–H and O–H groups in total. The first-order valence-corrected chi connectivity index (χ1v) is 10.6. The second-order valence-corrected chi connectivity index (χ2v) is 14.2. The molecule has 0 aromatic rings. The van der Waals surface area contributed by atoms with Gasteiger partial charge in [0.15, 0.2) is 0 Å². The van der Waals surface area contributed by atoms with E-state index < -0.39 is 8.56 Å². The van der Waals surface area contributed by atoms with Crippen LogP contribution in [0, 0.1) is 0 Å². The monoisotopic (exact) mass is 388 g/mol. The molecular formula is C17H29BrO3Si. The SMILES string of the molecule is C=C(Br)C[C@@H]1C=C[C@H]2O[Si](C(C)(C)C)(C(C)(C)C)OC[C@H]2O1. The highest BCUT2D eigenvalue weighted by Gasteiger charge is 2.62. The Morgan fingerprint density at radius 3 is 2.27 bits per heavy atom. The van der Waals surface area contributed by atoms with E-state index in [1.54, 1.807) is 0 Å². The van der Waals surface area contributed by atoms with Crippen LogP contribution in [0.15, 0.2) is 23.2 Å². The van der Waals surface area contributed by atoms with Gasteiger partial charge in [-0.05, 0) is 4.48 Å². The molecule has 2 aliphatic heterocycles. The Bertz CT molecular complexity index is 448. The molecule has 1 fully saturated rings. The molecule has 0 bridgehead atoms. The highest BCUT2D eigenvalue weighted by Crippen LogP contribution is 2.54. The highest BCUT2D eigenvalue weighted by molar-refractivity contribution is 9.11. The van der Waals surface area contributed by atoms with E-state index >= 15 is 0 Å². The molecule has 0 aromatic carbocycles. The average molecular weight is 389 g/mol. The Labute approximate surface area is 144 Å². The van der Waals surface area contributed by atoms with Gasteiger partial charge in [-0.3, -0.25) is 0 Å². The Hall–Kier alpha value is 0.0569. The normalized spacial score (nSPS) is 31.7. The van der Waals surface area contributed by atoms with Crippen LogP contribution in [0.5, 0.6) is 0 Å². The van der Waals surface area contributed by atoms with E-state index in [0.717, 1.165) is 10.9 Å². The molecule has 126 valence electrons. The first-order chi connectivity index (χ1) is 9.96. The first-order valence-electron chi connectivity index (χ1n) is 7.95. The number of rotatable bonds is 2. The van der Waals surface area contributed by atoms with Gasteiger partial charge in [0.2, 0.25) is 0 Å². The van der Waals surface area contributed by atoms with Crippen molar-refractivity contribution >= 4 is 24.5 Å². The summed E-state index contributed by atoms with van der Waals surface area (Å²) in [6.45, 7) is 17.9. The molecule has 2 rings (SSSR count). The molecule has 1 saturated heterocycles. The lowest BCUT2D eigenvalue weighted by molar-refractivity contribution is -0.115. The Morgan fingerprint density at radius 1 is 1.18 bits per heavy atom. The lowest BCUT2D eigenvalue weighted by atomic mass is 10.1. The summed E-state index contributed by atoms with van der Waals surface area (Å²) in [6.07, 6.45) is 5.07. The largest absolute Gasteiger partial charge is 0.391 e. The van der Waals surface area contributed by atoms with Gasteiger partial charge in [0.1, 0.15) is 6.10 Å². The molecular weight excluding hydrogens is 360 g/mol. The van der Waals surface area contributed by atoms with Gasteiger partial charge < -0.3 is 13.6 Å². The second kappa shape index (κ2) is 6.17. The zero-order chi connectivity index (χ0) is 16.8. The molecule has 3 nitrogen and oxygen atoms in total. The first kappa shape index (κ1) is 18.4. The fraction of sp³-hybridized carbons (Fsp3) is 0.765. The summed E-state index contributed by atoms with van der Waals surface area (Å²) < 4.78 is 20.1. The van der Waals surface area contributed by atoms with Gasteiger partial charge in [-0.1, -0.05) is 76.2 Å². The van der Waals surface area contributed by atoms with Crippen LogP contribution in [-0.4, -0.2) is 33.5 Å². The zero-order valence-corrected chi connectivity index (χ0v) is 17.2. The molecule has 2 heterocycles. The van der Waals surface area contributed by atoms with Gasteiger partial charge in [-0.25, -0.2) is 0 Å². The molecule has 0 radical (unpaired) electrons. The van der Waals surface area contributed by atoms with E-state index in [-0.39, 0.29) is 28.4 Å². The summed E-state index contributed by atoms with van der Waals surface area (Å²) in [5, 5.41) is 0.0100. The van der Waals surface area contributed by atoms with Gasteiger partial charge in [0, 0.05) is 16.5 Å². The molecule has 5 heteroatoms. The Morgan fingerprint density at radius 2 is 1.77 bits per heavy atom. The third-order valence-electron chi connectivity index (χ3n) is 4.38. The fourth-order valence-electron chi connectivity index (χ4n) is 3.63. The van der Waals surface area contributed by atoms with E-state index in [1.807, 2.05) is 0 Å². The molecule has 2 aliphatic rings. The molecule has 0 aromatic heterocycles. The molecule has 3 atom stereocenters. The lowest BCUT2D eigenvalue weighted by Crippen LogP contribution is -2.65. The molecule has 0 spiro atoms. The summed E-state index contributed by atoms with van der Waals surface area (Å²) in [7, 11) is -2.41. The summed E-state index contributed by atoms with van der Waals surface area (Å²) in [4.78, 5) is 0. The van der Waals surface area contributed by atoms with Crippen molar-refractivity contribution in [3.63, 3.8) is 0 Å². The van der Waals surface area contributed by atoms with E-state index in [0.29, 0.717) is 6.61 Å². The van der Waals surface area contributed by atoms with E-state index in [2.05, 4.69) is 76.2 Å². The van der Waals surface area contributed by atoms with Crippen LogP contribution < -0.4 is 0 Å². The third kappa shape index (κ3) is 3.43. The summed E-state index contributed by atoms with van der Waals surface area (Å²) in [6, 6.07) is 0. The highest BCUT2D eigenvalue weighted by atomic mass is 79.9. The molecule has 22 heavy (non-hydrogen) atoms. The minimum Gasteiger partial charge on any atom is -0.391 e. The van der Waals surface area contributed by atoms with Gasteiger partial charge in [0.25, 0.3) is 0 Å². The zero-order valence-electron chi connectivity index (χ0n) is 14.6. The minimum absolute atomic E-state index is 0.00120. The van der Waals surface area contributed by atoms with Crippen molar-refractivity contribution in [1.29, 1.82) is 0 Å². The quantitative estimate of drug-likeness (QED) is 0.488. The number of halogens is 1. The van der Waals surface area contributed by atoms with E-state index in [1.165, 1.54) is 0 Å².